The van der Waals surface area contributed by atoms with E-state index in [4.69, 9.17) is 4.74 Å². The van der Waals surface area contributed by atoms with Crippen LogP contribution >= 0.6 is 0 Å². The lowest BCUT2D eigenvalue weighted by Crippen LogP contribution is -2.45. The van der Waals surface area contributed by atoms with Gasteiger partial charge in [0.2, 0.25) is 5.95 Å². The molecule has 2 N–H and O–H groups in total. The van der Waals surface area contributed by atoms with E-state index in [0.717, 1.165) is 22.3 Å². The molecule has 0 spiro atoms. The monoisotopic (exact) mass is 500 g/mol. The minimum absolute atomic E-state index is 0.0161. The van der Waals surface area contributed by atoms with Crippen molar-refractivity contribution in [3.05, 3.63) is 77.1 Å². The first-order chi connectivity index (χ1) is 16.9. The first-order valence-corrected chi connectivity index (χ1v) is 11.5. The second-order valence-electron chi connectivity index (χ2n) is 9.57. The summed E-state index contributed by atoms with van der Waals surface area (Å²) in [4.78, 5) is 30.4. The average Bonchev–Trinajstić information content (AvgIpc) is 3.22. The largest absolute Gasteiger partial charge is 0.465 e. The number of hydrogen-bond acceptors (Lipinski definition) is 5. The van der Waals surface area contributed by atoms with Crippen LogP contribution < -0.4 is 10.6 Å². The number of ether oxygens (including phenoxy) is 1. The molecule has 7 nitrogen and oxygen atoms in total. The molecular formula is C26H27F3N4O3. The number of imidazole rings is 1. The van der Waals surface area contributed by atoms with Gasteiger partial charge in [-0.1, -0.05) is 51.1 Å². The molecule has 1 aliphatic rings. The van der Waals surface area contributed by atoms with Crippen molar-refractivity contribution in [1.82, 2.24) is 14.9 Å². The van der Waals surface area contributed by atoms with E-state index in [1.165, 1.54) is 18.3 Å². The predicted octanol–water partition coefficient (Wildman–Crippen LogP) is 5.90. The summed E-state index contributed by atoms with van der Waals surface area (Å²) in [7, 11) is 0. The molecular weight excluding hydrogens is 473 g/mol. The molecule has 0 bridgehead atoms. The number of alkyl halides is 3. The maximum atomic E-state index is 13.2. The van der Waals surface area contributed by atoms with Crippen LogP contribution in [0.1, 0.15) is 62.0 Å². The lowest BCUT2D eigenvalue weighted by Gasteiger charge is -2.32. The minimum atomic E-state index is -4.52. The van der Waals surface area contributed by atoms with Crippen LogP contribution in [0.5, 0.6) is 0 Å². The Hall–Kier alpha value is -3.82. The van der Waals surface area contributed by atoms with Crippen molar-refractivity contribution in [1.29, 1.82) is 0 Å². The number of aromatic nitrogens is 2. The number of rotatable bonds is 5. The Morgan fingerprint density at radius 3 is 2.42 bits per heavy atom. The Bertz CT molecular complexity index is 1280. The van der Waals surface area contributed by atoms with Gasteiger partial charge < -0.3 is 15.4 Å². The van der Waals surface area contributed by atoms with Gasteiger partial charge in [0.1, 0.15) is 5.92 Å². The molecule has 0 saturated carbocycles. The molecule has 1 amide bonds. The van der Waals surface area contributed by atoms with E-state index in [0.29, 0.717) is 5.56 Å². The highest BCUT2D eigenvalue weighted by Crippen LogP contribution is 2.38. The molecule has 36 heavy (non-hydrogen) atoms. The van der Waals surface area contributed by atoms with E-state index in [-0.39, 0.29) is 29.4 Å². The van der Waals surface area contributed by atoms with Gasteiger partial charge >= 0.3 is 18.2 Å². The van der Waals surface area contributed by atoms with Crippen molar-refractivity contribution in [2.45, 2.75) is 51.2 Å². The van der Waals surface area contributed by atoms with Crippen LogP contribution in [-0.4, -0.2) is 28.2 Å². The number of nitrogens with zero attached hydrogens (tertiary/aromatic N) is 2. The van der Waals surface area contributed by atoms with E-state index in [1.54, 1.807) is 6.92 Å². The molecule has 2 unspecified atom stereocenters. The van der Waals surface area contributed by atoms with E-state index >= 15 is 0 Å². The zero-order valence-corrected chi connectivity index (χ0v) is 20.3. The van der Waals surface area contributed by atoms with Gasteiger partial charge in [-0.25, -0.2) is 14.3 Å². The highest BCUT2D eigenvalue weighted by atomic mass is 19.4. The van der Waals surface area contributed by atoms with Crippen molar-refractivity contribution in [2.24, 2.45) is 0 Å². The lowest BCUT2D eigenvalue weighted by atomic mass is 9.84. The molecule has 0 radical (unpaired) electrons. The number of anilines is 2. The topological polar surface area (TPSA) is 85.2 Å². The smallest absolute Gasteiger partial charge is 0.416 e. The van der Waals surface area contributed by atoms with Crippen LogP contribution in [0.3, 0.4) is 0 Å². The van der Waals surface area contributed by atoms with Crippen molar-refractivity contribution in [2.75, 3.05) is 11.9 Å². The Balaban J connectivity index is 1.72. The Morgan fingerprint density at radius 2 is 1.81 bits per heavy atom. The Morgan fingerprint density at radius 1 is 1.11 bits per heavy atom. The molecule has 2 aromatic carbocycles. The zero-order valence-electron chi connectivity index (χ0n) is 20.3. The standard InChI is InChI=1S/C26H27F3N4O3/c1-5-36-22(34)20-19-14-30-23(31-18-8-6-7-17(13-18)26(27,28)29)33(19)24(35)32-21(20)15-9-11-16(12-10-15)25(2,3)4/h6-14,20-21H,5H2,1-4H3,(H,30,31)(H,32,35). The van der Waals surface area contributed by atoms with Crippen LogP contribution in [0.15, 0.2) is 54.7 Å². The third-order valence-corrected chi connectivity index (χ3v) is 6.05. The van der Waals surface area contributed by atoms with Crippen molar-refractivity contribution in [3.63, 3.8) is 0 Å². The highest BCUT2D eigenvalue weighted by molar-refractivity contribution is 5.89. The second-order valence-corrected chi connectivity index (χ2v) is 9.57. The summed E-state index contributed by atoms with van der Waals surface area (Å²) in [6.07, 6.45) is -3.15. The SMILES string of the molecule is CCOC(=O)C1c2cnc(Nc3cccc(C(F)(F)F)c3)n2C(=O)NC1c1ccc(C(C)(C)C)cc1. The lowest BCUT2D eigenvalue weighted by molar-refractivity contribution is -0.146. The number of benzene rings is 2. The van der Waals surface area contributed by atoms with Crippen LogP contribution in [0, 0.1) is 0 Å². The van der Waals surface area contributed by atoms with Gasteiger partial charge in [-0.05, 0) is 41.7 Å². The van der Waals surface area contributed by atoms with E-state index < -0.39 is 35.7 Å². The first kappa shape index (κ1) is 25.3. The molecule has 3 aromatic rings. The summed E-state index contributed by atoms with van der Waals surface area (Å²) in [5.74, 6) is -1.47. The van der Waals surface area contributed by atoms with Gasteiger partial charge in [0.15, 0.2) is 0 Å². The number of carbonyl (C=O) groups excluding carboxylic acids is 2. The molecule has 0 fully saturated rings. The van der Waals surface area contributed by atoms with Gasteiger partial charge in [-0.15, -0.1) is 0 Å². The summed E-state index contributed by atoms with van der Waals surface area (Å²) in [5.41, 5.74) is 1.27. The van der Waals surface area contributed by atoms with Crippen LogP contribution in [-0.2, 0) is 21.1 Å². The molecule has 0 saturated heterocycles. The van der Waals surface area contributed by atoms with Crippen LogP contribution in [0.25, 0.3) is 0 Å². The first-order valence-electron chi connectivity index (χ1n) is 11.5. The minimum Gasteiger partial charge on any atom is -0.465 e. The van der Waals surface area contributed by atoms with E-state index in [2.05, 4.69) is 36.4 Å². The maximum Gasteiger partial charge on any atom is 0.416 e. The third kappa shape index (κ3) is 4.93. The molecule has 2 atom stereocenters. The van der Waals surface area contributed by atoms with Crippen molar-refractivity contribution < 1.29 is 27.5 Å². The number of amides is 1. The van der Waals surface area contributed by atoms with E-state index in [1.807, 2.05) is 24.3 Å². The van der Waals surface area contributed by atoms with Gasteiger partial charge in [0.25, 0.3) is 0 Å². The van der Waals surface area contributed by atoms with E-state index in [9.17, 15) is 22.8 Å². The molecule has 0 aliphatic carbocycles. The number of hydrogen-bond donors (Lipinski definition) is 2. The molecule has 10 heteroatoms. The fourth-order valence-corrected chi connectivity index (χ4v) is 4.20. The molecule has 4 rings (SSSR count). The number of carbonyl (C=O) groups is 2. The van der Waals surface area contributed by atoms with Gasteiger partial charge in [0, 0.05) is 5.69 Å². The van der Waals surface area contributed by atoms with Crippen LogP contribution in [0.4, 0.5) is 29.6 Å². The molecule has 2 heterocycles. The number of fused-ring (bicyclic) bond motifs is 1. The number of nitrogens with one attached hydrogen (secondary N) is 2. The fraction of sp³-hybridized carbons (Fsp3) is 0.346. The molecule has 190 valence electrons. The molecule has 1 aromatic heterocycles. The zero-order chi connectivity index (χ0) is 26.3. The third-order valence-electron chi connectivity index (χ3n) is 6.05. The summed E-state index contributed by atoms with van der Waals surface area (Å²) in [6.45, 7) is 8.09. The molecule has 1 aliphatic heterocycles. The predicted molar refractivity (Wildman–Crippen MR) is 128 cm³/mol. The second kappa shape index (κ2) is 9.33. The quantitative estimate of drug-likeness (QED) is 0.426. The van der Waals surface area contributed by atoms with Gasteiger partial charge in [-0.3, -0.25) is 4.79 Å². The summed E-state index contributed by atoms with van der Waals surface area (Å²) < 4.78 is 45.8. The number of esters is 1. The van der Waals surface area contributed by atoms with Crippen molar-refractivity contribution >= 4 is 23.6 Å². The summed E-state index contributed by atoms with van der Waals surface area (Å²) in [6, 6.07) is 10.9. The Kier molecular flexibility index (Phi) is 6.55. The summed E-state index contributed by atoms with van der Waals surface area (Å²) in [5, 5.41) is 5.61. The normalized spacial score (nSPS) is 17.8. The van der Waals surface area contributed by atoms with Crippen LogP contribution in [0.2, 0.25) is 0 Å². The fourth-order valence-electron chi connectivity index (χ4n) is 4.20. The summed E-state index contributed by atoms with van der Waals surface area (Å²) >= 11 is 0. The van der Waals surface area contributed by atoms with Gasteiger partial charge in [0.05, 0.1) is 30.1 Å². The number of halogens is 3. The van der Waals surface area contributed by atoms with Crippen molar-refractivity contribution in [3.8, 4) is 0 Å². The Labute approximate surface area is 206 Å². The van der Waals surface area contributed by atoms with Gasteiger partial charge in [-0.2, -0.15) is 13.2 Å². The maximum absolute atomic E-state index is 13.2. The highest BCUT2D eigenvalue weighted by Gasteiger charge is 2.42. The average molecular weight is 501 g/mol.